The van der Waals surface area contributed by atoms with Gasteiger partial charge in [-0.15, -0.1) is 5.10 Å². The zero-order chi connectivity index (χ0) is 16.3. The predicted octanol–water partition coefficient (Wildman–Crippen LogP) is 1.41. The van der Waals surface area contributed by atoms with E-state index < -0.39 is 10.0 Å². The molecule has 0 radical (unpaired) electrons. The van der Waals surface area contributed by atoms with Gasteiger partial charge in [-0.25, -0.2) is 8.42 Å². The molecule has 0 bridgehead atoms. The Morgan fingerprint density at radius 2 is 2.13 bits per heavy atom. The molecule has 1 aliphatic rings. The van der Waals surface area contributed by atoms with Crippen molar-refractivity contribution in [3.05, 3.63) is 42.4 Å². The molecule has 0 spiro atoms. The van der Waals surface area contributed by atoms with Gasteiger partial charge < -0.3 is 4.74 Å². The topological polar surface area (TPSA) is 85.3 Å². The van der Waals surface area contributed by atoms with Crippen LogP contribution in [-0.4, -0.2) is 47.1 Å². The highest BCUT2D eigenvalue weighted by atomic mass is 32.2. The molecule has 0 aromatic carbocycles. The van der Waals surface area contributed by atoms with Crippen LogP contribution in [0.3, 0.4) is 0 Å². The molecule has 1 aliphatic heterocycles. The van der Waals surface area contributed by atoms with Crippen LogP contribution in [0.15, 0.2) is 41.6 Å². The van der Waals surface area contributed by atoms with Gasteiger partial charge >= 0.3 is 0 Å². The second kappa shape index (κ2) is 6.59. The van der Waals surface area contributed by atoms with E-state index in [0.717, 1.165) is 18.5 Å². The molecule has 0 amide bonds. The van der Waals surface area contributed by atoms with E-state index in [1.165, 1.54) is 10.5 Å². The summed E-state index contributed by atoms with van der Waals surface area (Å²) < 4.78 is 32.5. The van der Waals surface area contributed by atoms with Crippen molar-refractivity contribution in [3.63, 3.8) is 0 Å². The Bertz CT molecular complexity index is 750. The lowest BCUT2D eigenvalue weighted by molar-refractivity contribution is 0.123. The van der Waals surface area contributed by atoms with E-state index in [0.29, 0.717) is 19.0 Å². The smallest absolute Gasteiger partial charge is 0.244 e. The second-order valence-electron chi connectivity index (χ2n) is 5.45. The Morgan fingerprint density at radius 1 is 1.26 bits per heavy atom. The van der Waals surface area contributed by atoms with Crippen LogP contribution in [0.1, 0.15) is 18.5 Å². The summed E-state index contributed by atoms with van der Waals surface area (Å²) in [5.74, 6) is 0.418. The molecule has 3 rings (SSSR count). The number of piperidine rings is 1. The van der Waals surface area contributed by atoms with Gasteiger partial charge in [0.05, 0.1) is 12.2 Å². The summed E-state index contributed by atoms with van der Waals surface area (Å²) in [5.41, 5.74) is 0.807. The summed E-state index contributed by atoms with van der Waals surface area (Å²) in [5, 5.41) is 7.91. The number of hydrogen-bond acceptors (Lipinski definition) is 6. The van der Waals surface area contributed by atoms with Gasteiger partial charge in [0.2, 0.25) is 15.9 Å². The van der Waals surface area contributed by atoms with Crippen molar-refractivity contribution >= 4 is 10.0 Å². The lowest BCUT2D eigenvalue weighted by Crippen LogP contribution is -2.44. The molecule has 23 heavy (non-hydrogen) atoms. The van der Waals surface area contributed by atoms with Crippen molar-refractivity contribution in [2.24, 2.45) is 0 Å². The number of aryl methyl sites for hydroxylation is 1. The summed E-state index contributed by atoms with van der Waals surface area (Å²) in [6, 6.07) is 6.73. The fourth-order valence-electron chi connectivity index (χ4n) is 2.49. The van der Waals surface area contributed by atoms with E-state index in [-0.39, 0.29) is 11.0 Å². The number of aromatic nitrogens is 3. The minimum absolute atomic E-state index is 0.204. The molecule has 1 fully saturated rings. The molecule has 0 saturated carbocycles. The molecular weight excluding hydrogens is 316 g/mol. The van der Waals surface area contributed by atoms with Gasteiger partial charge in [0.25, 0.3) is 0 Å². The third-order valence-corrected chi connectivity index (χ3v) is 5.52. The average Bonchev–Trinajstić information content (AvgIpc) is 2.58. The van der Waals surface area contributed by atoms with Crippen LogP contribution >= 0.6 is 0 Å². The van der Waals surface area contributed by atoms with Crippen molar-refractivity contribution in [2.75, 3.05) is 13.1 Å². The molecule has 0 N–H and O–H groups in total. The van der Waals surface area contributed by atoms with Crippen molar-refractivity contribution in [3.8, 4) is 5.88 Å². The number of pyridine rings is 1. The first-order valence-electron chi connectivity index (χ1n) is 7.43. The highest BCUT2D eigenvalue weighted by molar-refractivity contribution is 7.89. The molecule has 1 saturated heterocycles. The van der Waals surface area contributed by atoms with Crippen LogP contribution in [0.2, 0.25) is 0 Å². The average molecular weight is 334 g/mol. The van der Waals surface area contributed by atoms with Crippen molar-refractivity contribution in [1.82, 2.24) is 19.5 Å². The number of hydrogen-bond donors (Lipinski definition) is 0. The predicted molar refractivity (Wildman–Crippen MR) is 83.4 cm³/mol. The molecule has 1 atom stereocenters. The van der Waals surface area contributed by atoms with Gasteiger partial charge in [-0.2, -0.15) is 9.40 Å². The fraction of sp³-hybridized carbons (Fsp3) is 0.400. The highest BCUT2D eigenvalue weighted by Gasteiger charge is 2.31. The van der Waals surface area contributed by atoms with E-state index in [1.807, 2.05) is 13.0 Å². The zero-order valence-electron chi connectivity index (χ0n) is 12.8. The Kier molecular flexibility index (Phi) is 4.53. The number of nitrogens with zero attached hydrogens (tertiary/aromatic N) is 4. The third kappa shape index (κ3) is 3.65. The summed E-state index contributed by atoms with van der Waals surface area (Å²) in [6.45, 7) is 2.63. The van der Waals surface area contributed by atoms with Gasteiger partial charge in [0, 0.05) is 25.0 Å². The van der Waals surface area contributed by atoms with Crippen LogP contribution < -0.4 is 4.74 Å². The van der Waals surface area contributed by atoms with Crippen LogP contribution in [0.4, 0.5) is 0 Å². The number of rotatable bonds is 4. The van der Waals surface area contributed by atoms with Crippen molar-refractivity contribution in [1.29, 1.82) is 0 Å². The summed E-state index contributed by atoms with van der Waals surface area (Å²) in [6.07, 6.45) is 4.22. The Balaban J connectivity index is 1.72. The number of sulfonamides is 1. The van der Waals surface area contributed by atoms with Gasteiger partial charge in [-0.3, -0.25) is 4.98 Å². The van der Waals surface area contributed by atoms with E-state index >= 15 is 0 Å². The van der Waals surface area contributed by atoms with Gasteiger partial charge in [-0.1, -0.05) is 0 Å². The molecule has 2 aromatic heterocycles. The summed E-state index contributed by atoms with van der Waals surface area (Å²) in [4.78, 5) is 4.09. The normalized spacial score (nSPS) is 19.4. The molecule has 0 unspecified atom stereocenters. The minimum atomic E-state index is -3.54. The summed E-state index contributed by atoms with van der Waals surface area (Å²) in [7, 11) is -3.54. The quantitative estimate of drug-likeness (QED) is 0.840. The van der Waals surface area contributed by atoms with Crippen LogP contribution in [0, 0.1) is 6.92 Å². The maximum Gasteiger partial charge on any atom is 0.244 e. The minimum Gasteiger partial charge on any atom is -0.472 e. The van der Waals surface area contributed by atoms with Crippen LogP contribution in [-0.2, 0) is 10.0 Å². The summed E-state index contributed by atoms with van der Waals surface area (Å²) >= 11 is 0. The molecule has 8 heteroatoms. The van der Waals surface area contributed by atoms with Crippen molar-refractivity contribution in [2.45, 2.75) is 30.8 Å². The highest BCUT2D eigenvalue weighted by Crippen LogP contribution is 2.22. The van der Waals surface area contributed by atoms with E-state index in [4.69, 9.17) is 4.74 Å². The second-order valence-corrected chi connectivity index (χ2v) is 7.38. The van der Waals surface area contributed by atoms with Gasteiger partial charge in [-0.05, 0) is 38.0 Å². The Morgan fingerprint density at radius 3 is 2.83 bits per heavy atom. The monoisotopic (exact) mass is 334 g/mol. The Hall–Kier alpha value is -2.06. The zero-order valence-corrected chi connectivity index (χ0v) is 13.6. The fourth-order valence-corrected chi connectivity index (χ4v) is 3.96. The number of ether oxygens (including phenoxy) is 1. The molecular formula is C15H18N4O3S. The van der Waals surface area contributed by atoms with E-state index in [9.17, 15) is 8.42 Å². The SMILES string of the molecule is Cc1ccc(O[C@@H]2CCCN(S(=O)(=O)c3cccnc3)C2)nn1. The van der Waals surface area contributed by atoms with Gasteiger partial charge in [0.15, 0.2) is 0 Å². The first kappa shape index (κ1) is 15.8. The first-order chi connectivity index (χ1) is 11.1. The molecule has 7 nitrogen and oxygen atoms in total. The van der Waals surface area contributed by atoms with Crippen molar-refractivity contribution < 1.29 is 13.2 Å². The van der Waals surface area contributed by atoms with Gasteiger partial charge in [0.1, 0.15) is 11.0 Å². The maximum atomic E-state index is 12.6. The van der Waals surface area contributed by atoms with E-state index in [1.54, 1.807) is 24.4 Å². The Labute approximate surface area is 135 Å². The molecule has 0 aliphatic carbocycles. The lowest BCUT2D eigenvalue weighted by Gasteiger charge is -2.31. The lowest BCUT2D eigenvalue weighted by atomic mass is 10.1. The standard InChI is InChI=1S/C15H18N4O3S/c1-12-6-7-15(18-17-12)22-13-4-3-9-19(11-13)23(20,21)14-5-2-8-16-10-14/h2,5-8,10,13H,3-4,9,11H2,1H3/t13-/m1/s1. The first-order valence-corrected chi connectivity index (χ1v) is 8.87. The van der Waals surface area contributed by atoms with Crippen LogP contribution in [0.5, 0.6) is 5.88 Å². The molecule has 2 aromatic rings. The molecule has 122 valence electrons. The maximum absolute atomic E-state index is 12.6. The van der Waals surface area contributed by atoms with E-state index in [2.05, 4.69) is 15.2 Å². The van der Waals surface area contributed by atoms with Crippen LogP contribution in [0.25, 0.3) is 0 Å². The third-order valence-electron chi connectivity index (χ3n) is 3.67. The molecule has 3 heterocycles. The largest absolute Gasteiger partial charge is 0.472 e.